The fraction of sp³-hybridized carbons (Fsp3) is 0.458. The Bertz CT molecular complexity index is 1020. The highest BCUT2D eigenvalue weighted by atomic mass is 35.5. The van der Waals surface area contributed by atoms with Gasteiger partial charge in [-0.05, 0) is 44.4 Å². The van der Waals surface area contributed by atoms with Crippen LogP contribution in [0.4, 0.5) is 0 Å². The Morgan fingerprint density at radius 1 is 1.16 bits per heavy atom. The third kappa shape index (κ3) is 5.58. The zero-order valence-corrected chi connectivity index (χ0v) is 19.4. The largest absolute Gasteiger partial charge is 0.352 e. The fourth-order valence-corrected chi connectivity index (χ4v) is 4.18. The number of benzene rings is 1. The summed E-state index contributed by atoms with van der Waals surface area (Å²) in [7, 11) is 0. The van der Waals surface area contributed by atoms with Crippen molar-refractivity contribution in [3.8, 4) is 0 Å². The number of aromatic nitrogens is 2. The van der Waals surface area contributed by atoms with Crippen LogP contribution < -0.4 is 5.32 Å². The first kappa shape index (κ1) is 22.6. The highest BCUT2D eigenvalue weighted by molar-refractivity contribution is 6.31. The van der Waals surface area contributed by atoms with Crippen LogP contribution in [0.5, 0.6) is 0 Å². The van der Waals surface area contributed by atoms with Crippen LogP contribution in [0.2, 0.25) is 5.02 Å². The number of hydrogen-bond acceptors (Lipinski definition) is 4. The third-order valence-corrected chi connectivity index (χ3v) is 6.47. The molecule has 1 aromatic carbocycles. The van der Waals surface area contributed by atoms with Gasteiger partial charge in [-0.3, -0.25) is 19.2 Å². The zero-order valence-electron chi connectivity index (χ0n) is 18.7. The fourth-order valence-electron chi connectivity index (χ4n) is 3.98. The molecule has 1 aromatic heterocycles. The normalized spacial score (nSPS) is 17.2. The monoisotopic (exact) mass is 455 g/mol. The molecule has 170 valence electrons. The summed E-state index contributed by atoms with van der Waals surface area (Å²) in [6, 6.07) is 8.13. The van der Waals surface area contributed by atoms with E-state index in [1.54, 1.807) is 6.08 Å². The summed E-state index contributed by atoms with van der Waals surface area (Å²) in [5, 5.41) is 8.37. The Morgan fingerprint density at radius 2 is 1.88 bits per heavy atom. The number of nitrogens with zero attached hydrogens (tertiary/aromatic N) is 4. The molecule has 7 nitrogen and oxygen atoms in total. The predicted molar refractivity (Wildman–Crippen MR) is 125 cm³/mol. The van der Waals surface area contributed by atoms with Crippen LogP contribution in [0.1, 0.15) is 35.4 Å². The lowest BCUT2D eigenvalue weighted by Crippen LogP contribution is -2.51. The standard InChI is InChI=1S/C24H30ClN5O2/c1-17-21(18(2)30(27-17)15-19-5-3-4-6-22(19)25)9-10-24(32)29-13-11-28(12-14-29)16-23(31)26-20-7-8-20/h3-6,9-10,20H,7-8,11-16H2,1-2H3,(H,26,31). The van der Waals surface area contributed by atoms with Crippen molar-refractivity contribution >= 4 is 29.5 Å². The molecule has 2 aromatic rings. The van der Waals surface area contributed by atoms with E-state index in [2.05, 4.69) is 15.3 Å². The number of nitrogens with one attached hydrogen (secondary N) is 1. The van der Waals surface area contributed by atoms with Gasteiger partial charge in [-0.25, -0.2) is 0 Å². The first-order chi connectivity index (χ1) is 15.4. The number of aryl methyl sites for hydroxylation is 1. The molecule has 0 atom stereocenters. The molecular weight excluding hydrogens is 426 g/mol. The molecule has 2 aliphatic rings. The van der Waals surface area contributed by atoms with Crippen molar-refractivity contribution in [1.82, 2.24) is 24.9 Å². The molecule has 2 heterocycles. The maximum atomic E-state index is 12.7. The van der Waals surface area contributed by atoms with Crippen molar-refractivity contribution in [2.24, 2.45) is 0 Å². The van der Waals surface area contributed by atoms with Crippen LogP contribution in [-0.4, -0.2) is 70.2 Å². The number of rotatable bonds is 7. The van der Waals surface area contributed by atoms with E-state index in [4.69, 9.17) is 11.6 Å². The Morgan fingerprint density at radius 3 is 2.56 bits per heavy atom. The zero-order chi connectivity index (χ0) is 22.7. The second-order valence-electron chi connectivity index (χ2n) is 8.61. The molecule has 0 bridgehead atoms. The molecule has 1 aliphatic carbocycles. The number of hydrogen-bond donors (Lipinski definition) is 1. The molecular formula is C24H30ClN5O2. The molecule has 1 saturated carbocycles. The van der Waals surface area contributed by atoms with Crippen molar-refractivity contribution in [3.05, 3.63) is 57.9 Å². The van der Waals surface area contributed by atoms with E-state index in [0.29, 0.717) is 45.3 Å². The van der Waals surface area contributed by atoms with Crippen molar-refractivity contribution < 1.29 is 9.59 Å². The van der Waals surface area contributed by atoms with Gasteiger partial charge in [0.2, 0.25) is 11.8 Å². The first-order valence-electron chi connectivity index (χ1n) is 11.2. The number of halogens is 1. The minimum Gasteiger partial charge on any atom is -0.352 e. The molecule has 2 fully saturated rings. The van der Waals surface area contributed by atoms with E-state index in [1.165, 1.54) is 0 Å². The highest BCUT2D eigenvalue weighted by Gasteiger charge is 2.26. The van der Waals surface area contributed by atoms with Gasteiger partial charge in [-0.1, -0.05) is 29.8 Å². The second-order valence-corrected chi connectivity index (χ2v) is 9.02. The van der Waals surface area contributed by atoms with Crippen LogP contribution in [-0.2, 0) is 16.1 Å². The Labute approximate surface area is 194 Å². The molecule has 32 heavy (non-hydrogen) atoms. The highest BCUT2D eigenvalue weighted by Crippen LogP contribution is 2.21. The summed E-state index contributed by atoms with van der Waals surface area (Å²) >= 11 is 6.29. The topological polar surface area (TPSA) is 70.5 Å². The second kappa shape index (κ2) is 9.88. The molecule has 0 spiro atoms. The van der Waals surface area contributed by atoms with Gasteiger partial charge in [0.25, 0.3) is 0 Å². The van der Waals surface area contributed by atoms with Gasteiger partial charge in [0.15, 0.2) is 0 Å². The molecule has 8 heteroatoms. The quantitative estimate of drug-likeness (QED) is 0.651. The van der Waals surface area contributed by atoms with Crippen molar-refractivity contribution in [1.29, 1.82) is 0 Å². The smallest absolute Gasteiger partial charge is 0.246 e. The van der Waals surface area contributed by atoms with E-state index >= 15 is 0 Å². The Balaban J connectivity index is 1.32. The summed E-state index contributed by atoms with van der Waals surface area (Å²) in [6.45, 7) is 7.64. The first-order valence-corrected chi connectivity index (χ1v) is 11.5. The summed E-state index contributed by atoms with van der Waals surface area (Å²) < 4.78 is 1.92. The Kier molecular flexibility index (Phi) is 6.96. The molecule has 4 rings (SSSR count). The molecule has 0 radical (unpaired) electrons. The predicted octanol–water partition coefficient (Wildman–Crippen LogP) is 2.64. The van der Waals surface area contributed by atoms with Crippen LogP contribution in [0.15, 0.2) is 30.3 Å². The molecule has 1 aliphatic heterocycles. The maximum Gasteiger partial charge on any atom is 0.246 e. The number of piperazine rings is 1. The van der Waals surface area contributed by atoms with Crippen LogP contribution in [0, 0.1) is 13.8 Å². The summed E-state index contributed by atoms with van der Waals surface area (Å²) in [4.78, 5) is 28.6. The van der Waals surface area contributed by atoms with E-state index in [9.17, 15) is 9.59 Å². The lowest BCUT2D eigenvalue weighted by Gasteiger charge is -2.33. The molecule has 0 unspecified atom stereocenters. The van der Waals surface area contributed by atoms with E-state index in [-0.39, 0.29) is 11.8 Å². The summed E-state index contributed by atoms with van der Waals surface area (Å²) in [6.07, 6.45) is 5.68. The van der Waals surface area contributed by atoms with Crippen LogP contribution in [0.3, 0.4) is 0 Å². The van der Waals surface area contributed by atoms with Crippen LogP contribution >= 0.6 is 11.6 Å². The number of carbonyl (C=O) groups excluding carboxylic acids is 2. The average molecular weight is 456 g/mol. The van der Waals surface area contributed by atoms with Gasteiger partial charge in [0, 0.05) is 54.6 Å². The number of carbonyl (C=O) groups is 2. The average Bonchev–Trinajstić information content (AvgIpc) is 3.54. The molecule has 2 amide bonds. The van der Waals surface area contributed by atoms with Crippen molar-refractivity contribution in [2.75, 3.05) is 32.7 Å². The van der Waals surface area contributed by atoms with Crippen molar-refractivity contribution in [2.45, 2.75) is 39.3 Å². The van der Waals surface area contributed by atoms with Gasteiger partial charge >= 0.3 is 0 Å². The lowest BCUT2D eigenvalue weighted by atomic mass is 10.1. The minimum atomic E-state index is -0.00950. The maximum absolute atomic E-state index is 12.7. The van der Waals surface area contributed by atoms with E-state index < -0.39 is 0 Å². The van der Waals surface area contributed by atoms with Gasteiger partial charge in [-0.15, -0.1) is 0 Å². The molecule has 1 N–H and O–H groups in total. The van der Waals surface area contributed by atoms with Gasteiger partial charge in [0.1, 0.15) is 0 Å². The summed E-state index contributed by atoms with van der Waals surface area (Å²) in [5.74, 6) is 0.0802. The van der Waals surface area contributed by atoms with E-state index in [1.807, 2.05) is 53.8 Å². The summed E-state index contributed by atoms with van der Waals surface area (Å²) in [5.41, 5.74) is 3.85. The van der Waals surface area contributed by atoms with Gasteiger partial charge in [0.05, 0.1) is 18.8 Å². The van der Waals surface area contributed by atoms with Crippen LogP contribution in [0.25, 0.3) is 6.08 Å². The van der Waals surface area contributed by atoms with Crippen molar-refractivity contribution in [3.63, 3.8) is 0 Å². The lowest BCUT2D eigenvalue weighted by molar-refractivity contribution is -0.128. The SMILES string of the molecule is Cc1nn(Cc2ccccc2Cl)c(C)c1C=CC(=O)N1CCN(CC(=O)NC2CC2)CC1. The van der Waals surface area contributed by atoms with E-state index in [0.717, 1.165) is 40.4 Å². The minimum absolute atomic E-state index is 0.00950. The third-order valence-electron chi connectivity index (χ3n) is 6.10. The molecule has 1 saturated heterocycles. The van der Waals surface area contributed by atoms with Gasteiger partial charge in [-0.2, -0.15) is 5.10 Å². The Hall–Kier alpha value is -2.64. The number of amides is 2. The van der Waals surface area contributed by atoms with Gasteiger partial charge < -0.3 is 10.2 Å².